The van der Waals surface area contributed by atoms with Crippen molar-refractivity contribution < 1.29 is 19.7 Å². The lowest BCUT2D eigenvalue weighted by Crippen LogP contribution is -2.17. The monoisotopic (exact) mass is 397 g/mol. The smallest absolute Gasteiger partial charge is 0.290 e. The van der Waals surface area contributed by atoms with Gasteiger partial charge in [-0.15, -0.1) is 11.3 Å². The minimum Gasteiger partial charge on any atom is -0.504 e. The molecular formula is C20H19N3O4S. The highest BCUT2D eigenvalue weighted by atomic mass is 32.1. The van der Waals surface area contributed by atoms with Crippen LogP contribution in [0.3, 0.4) is 0 Å². The second-order valence-electron chi connectivity index (χ2n) is 5.88. The van der Waals surface area contributed by atoms with E-state index >= 15 is 0 Å². The molecular weight excluding hydrogens is 378 g/mol. The van der Waals surface area contributed by atoms with Crippen LogP contribution in [0.1, 0.15) is 28.5 Å². The number of rotatable bonds is 6. The maximum absolute atomic E-state index is 12.2. The minimum absolute atomic E-state index is 0.103. The normalized spacial score (nSPS) is 10.9. The first-order valence-electron chi connectivity index (χ1n) is 8.50. The zero-order chi connectivity index (χ0) is 20.1. The summed E-state index contributed by atoms with van der Waals surface area (Å²) in [5, 5.41) is 25.6. The standard InChI is InChI=1S/C20H19N3O4S/c1-3-12-4-6-14(7-5-12)20-22-15(11-28-20)19(26)23-21-10-13-8-16(24)18(25)17(9-13)27-2/h4-11,24-25H,3H2,1-2H3,(H,23,26)/b21-10+. The van der Waals surface area contributed by atoms with Crippen molar-refractivity contribution >= 4 is 23.5 Å². The van der Waals surface area contributed by atoms with Crippen LogP contribution in [0.4, 0.5) is 0 Å². The number of thiazole rings is 1. The molecule has 3 rings (SSSR count). The average Bonchev–Trinajstić information content (AvgIpc) is 3.21. The fraction of sp³-hybridized carbons (Fsp3) is 0.150. The average molecular weight is 397 g/mol. The van der Waals surface area contributed by atoms with Crippen molar-refractivity contribution in [2.24, 2.45) is 5.10 Å². The highest BCUT2D eigenvalue weighted by Crippen LogP contribution is 2.35. The van der Waals surface area contributed by atoms with Crippen molar-refractivity contribution in [1.29, 1.82) is 0 Å². The number of carbonyl (C=O) groups excluding carboxylic acids is 1. The molecule has 28 heavy (non-hydrogen) atoms. The van der Waals surface area contributed by atoms with Crippen molar-refractivity contribution in [3.63, 3.8) is 0 Å². The molecule has 0 bridgehead atoms. The lowest BCUT2D eigenvalue weighted by Gasteiger charge is -2.06. The number of amides is 1. The molecule has 8 heteroatoms. The Hall–Kier alpha value is -3.39. The van der Waals surface area contributed by atoms with Gasteiger partial charge in [0.1, 0.15) is 10.7 Å². The number of aromatic hydroxyl groups is 2. The number of carbonyl (C=O) groups is 1. The molecule has 3 N–H and O–H groups in total. The predicted octanol–water partition coefficient (Wildman–Crippen LogP) is 3.56. The molecule has 144 valence electrons. The van der Waals surface area contributed by atoms with E-state index in [9.17, 15) is 15.0 Å². The van der Waals surface area contributed by atoms with E-state index in [1.165, 1.54) is 42.4 Å². The Morgan fingerprint density at radius 2 is 2.04 bits per heavy atom. The van der Waals surface area contributed by atoms with Gasteiger partial charge in [-0.1, -0.05) is 31.2 Å². The van der Waals surface area contributed by atoms with Gasteiger partial charge in [-0.3, -0.25) is 4.79 Å². The summed E-state index contributed by atoms with van der Waals surface area (Å²) < 4.78 is 4.95. The van der Waals surface area contributed by atoms with Gasteiger partial charge in [0.25, 0.3) is 5.91 Å². The molecule has 0 radical (unpaired) electrons. The van der Waals surface area contributed by atoms with Gasteiger partial charge in [0.15, 0.2) is 11.5 Å². The van der Waals surface area contributed by atoms with E-state index < -0.39 is 5.91 Å². The van der Waals surface area contributed by atoms with E-state index in [2.05, 4.69) is 22.4 Å². The third kappa shape index (κ3) is 4.29. The number of aryl methyl sites for hydroxylation is 1. The fourth-order valence-electron chi connectivity index (χ4n) is 2.46. The number of hydrazone groups is 1. The summed E-state index contributed by atoms with van der Waals surface area (Å²) >= 11 is 1.38. The molecule has 3 aromatic rings. The fourth-order valence-corrected chi connectivity index (χ4v) is 3.27. The van der Waals surface area contributed by atoms with Gasteiger partial charge in [-0.05, 0) is 24.1 Å². The number of phenolic OH excluding ortho intramolecular Hbond substituents is 2. The van der Waals surface area contributed by atoms with Crippen LogP contribution in [0.25, 0.3) is 10.6 Å². The second-order valence-corrected chi connectivity index (χ2v) is 6.74. The SMILES string of the molecule is CCc1ccc(-c2nc(C(=O)N/N=C/c3cc(O)c(O)c(OC)c3)cs2)cc1. The van der Waals surface area contributed by atoms with Crippen molar-refractivity contribution in [3.05, 3.63) is 58.6 Å². The Morgan fingerprint density at radius 1 is 1.29 bits per heavy atom. The van der Waals surface area contributed by atoms with E-state index in [1.807, 2.05) is 24.3 Å². The Balaban J connectivity index is 1.68. The van der Waals surface area contributed by atoms with Gasteiger partial charge in [-0.25, -0.2) is 10.4 Å². The number of benzene rings is 2. The Morgan fingerprint density at radius 3 is 2.71 bits per heavy atom. The molecule has 0 fully saturated rings. The van der Waals surface area contributed by atoms with Gasteiger partial charge < -0.3 is 14.9 Å². The van der Waals surface area contributed by atoms with Crippen molar-refractivity contribution in [1.82, 2.24) is 10.4 Å². The number of methoxy groups -OCH3 is 1. The van der Waals surface area contributed by atoms with Crippen LogP contribution in [0.5, 0.6) is 17.2 Å². The summed E-state index contributed by atoms with van der Waals surface area (Å²) in [5.74, 6) is -1.04. The molecule has 0 aliphatic rings. The quantitative estimate of drug-likeness (QED) is 0.335. The van der Waals surface area contributed by atoms with Crippen LogP contribution >= 0.6 is 11.3 Å². The molecule has 7 nitrogen and oxygen atoms in total. The van der Waals surface area contributed by atoms with Crippen LogP contribution in [-0.4, -0.2) is 34.4 Å². The van der Waals surface area contributed by atoms with Gasteiger partial charge >= 0.3 is 0 Å². The molecule has 0 saturated carbocycles. The number of nitrogens with zero attached hydrogens (tertiary/aromatic N) is 2. The molecule has 0 aliphatic carbocycles. The second kappa shape index (κ2) is 8.53. The highest BCUT2D eigenvalue weighted by Gasteiger charge is 2.12. The Bertz CT molecular complexity index is 1010. The molecule has 0 spiro atoms. The van der Waals surface area contributed by atoms with Crippen LogP contribution in [0.15, 0.2) is 46.9 Å². The molecule has 0 unspecified atom stereocenters. The van der Waals surface area contributed by atoms with E-state index in [0.29, 0.717) is 5.56 Å². The first-order valence-corrected chi connectivity index (χ1v) is 9.38. The van der Waals surface area contributed by atoms with Crippen LogP contribution < -0.4 is 10.2 Å². The number of hydrogen-bond donors (Lipinski definition) is 3. The van der Waals surface area contributed by atoms with Crippen LogP contribution in [-0.2, 0) is 6.42 Å². The molecule has 1 aromatic heterocycles. The number of aromatic nitrogens is 1. The number of nitrogens with one attached hydrogen (secondary N) is 1. The highest BCUT2D eigenvalue weighted by molar-refractivity contribution is 7.13. The van der Waals surface area contributed by atoms with Gasteiger partial charge in [0.2, 0.25) is 5.75 Å². The molecule has 1 amide bonds. The topological polar surface area (TPSA) is 104 Å². The molecule has 1 heterocycles. The van der Waals surface area contributed by atoms with E-state index in [0.717, 1.165) is 17.0 Å². The minimum atomic E-state index is -0.445. The van der Waals surface area contributed by atoms with E-state index in [4.69, 9.17) is 4.74 Å². The molecule has 0 aliphatic heterocycles. The summed E-state index contributed by atoms with van der Waals surface area (Å²) in [7, 11) is 1.37. The largest absolute Gasteiger partial charge is 0.504 e. The zero-order valence-electron chi connectivity index (χ0n) is 15.3. The van der Waals surface area contributed by atoms with Gasteiger partial charge in [-0.2, -0.15) is 5.10 Å². The maximum atomic E-state index is 12.2. The summed E-state index contributed by atoms with van der Waals surface area (Å²) in [5.41, 5.74) is 5.30. The van der Waals surface area contributed by atoms with Crippen LogP contribution in [0, 0.1) is 0 Å². The predicted molar refractivity (Wildman–Crippen MR) is 108 cm³/mol. The lowest BCUT2D eigenvalue weighted by atomic mass is 10.1. The molecule has 0 atom stereocenters. The van der Waals surface area contributed by atoms with Gasteiger partial charge in [0.05, 0.1) is 13.3 Å². The first-order chi connectivity index (χ1) is 13.5. The van der Waals surface area contributed by atoms with E-state index in [1.54, 1.807) is 5.38 Å². The molecule has 0 saturated heterocycles. The summed E-state index contributed by atoms with van der Waals surface area (Å²) in [4.78, 5) is 16.6. The number of phenols is 2. The van der Waals surface area contributed by atoms with Crippen molar-refractivity contribution in [2.45, 2.75) is 13.3 Å². The Labute approximate surface area is 166 Å². The first kappa shape index (κ1) is 19.4. The molecule has 2 aromatic carbocycles. The van der Waals surface area contributed by atoms with Crippen molar-refractivity contribution in [3.8, 4) is 27.8 Å². The maximum Gasteiger partial charge on any atom is 0.290 e. The van der Waals surface area contributed by atoms with Gasteiger partial charge in [0, 0.05) is 16.5 Å². The van der Waals surface area contributed by atoms with Crippen LogP contribution in [0.2, 0.25) is 0 Å². The van der Waals surface area contributed by atoms with Crippen molar-refractivity contribution in [2.75, 3.05) is 7.11 Å². The third-order valence-corrected chi connectivity index (χ3v) is 4.91. The summed E-state index contributed by atoms with van der Waals surface area (Å²) in [6.07, 6.45) is 2.30. The zero-order valence-corrected chi connectivity index (χ0v) is 16.2. The Kier molecular flexibility index (Phi) is 5.90. The summed E-state index contributed by atoms with van der Waals surface area (Å²) in [6, 6.07) is 10.8. The number of ether oxygens (including phenoxy) is 1. The summed E-state index contributed by atoms with van der Waals surface area (Å²) in [6.45, 7) is 2.09. The number of hydrogen-bond acceptors (Lipinski definition) is 7. The third-order valence-electron chi connectivity index (χ3n) is 4.02. The lowest BCUT2D eigenvalue weighted by molar-refractivity contribution is 0.0951. The van der Waals surface area contributed by atoms with E-state index in [-0.39, 0.29) is 22.9 Å².